The third-order valence-corrected chi connectivity index (χ3v) is 3.65. The molecule has 0 radical (unpaired) electrons. The van der Waals surface area contributed by atoms with Crippen molar-refractivity contribution in [1.29, 1.82) is 0 Å². The molecular weight excluding hydrogens is 262 g/mol. The Hall–Kier alpha value is -1.00. The molecule has 0 amide bonds. The fourth-order valence-corrected chi connectivity index (χ4v) is 2.56. The number of hydrogen-bond donors (Lipinski definition) is 1. The maximum absolute atomic E-state index is 5.91. The third kappa shape index (κ3) is 5.04. The Morgan fingerprint density at radius 3 is 2.14 bits per heavy atom. The van der Waals surface area contributed by atoms with Crippen LogP contribution in [0.4, 0.5) is 0 Å². The normalized spacial score (nSPS) is 13.5. The van der Waals surface area contributed by atoms with Gasteiger partial charge in [0.05, 0.1) is 0 Å². The molecular formula is C17H31N3O. The van der Waals surface area contributed by atoms with E-state index in [-0.39, 0.29) is 11.5 Å². The molecule has 4 nitrogen and oxygen atoms in total. The number of nitrogens with one attached hydrogen (secondary N) is 1. The smallest absolute Gasteiger partial charge is 0.158 e. The van der Waals surface area contributed by atoms with Gasteiger partial charge in [0.1, 0.15) is 6.10 Å². The molecule has 0 aliphatic heterocycles. The summed E-state index contributed by atoms with van der Waals surface area (Å²) in [4.78, 5) is 9.48. The van der Waals surface area contributed by atoms with Gasteiger partial charge >= 0.3 is 0 Å². The van der Waals surface area contributed by atoms with Crippen LogP contribution in [0.3, 0.4) is 0 Å². The minimum absolute atomic E-state index is 0.0114. The number of aryl methyl sites for hydroxylation is 2. The third-order valence-electron chi connectivity index (χ3n) is 3.65. The van der Waals surface area contributed by atoms with Crippen molar-refractivity contribution in [3.8, 4) is 0 Å². The summed E-state index contributed by atoms with van der Waals surface area (Å²) in [5.74, 6) is 0.816. The van der Waals surface area contributed by atoms with E-state index >= 15 is 0 Å². The SMILES string of the molecule is CCOC(c1nc(C)c(CCCNC)c(C)n1)C(C)(C)C. The summed E-state index contributed by atoms with van der Waals surface area (Å²) in [6.07, 6.45) is 2.06. The van der Waals surface area contributed by atoms with E-state index in [0.717, 1.165) is 36.6 Å². The molecule has 0 aliphatic carbocycles. The van der Waals surface area contributed by atoms with Crippen LogP contribution in [0.2, 0.25) is 0 Å². The summed E-state index contributed by atoms with van der Waals surface area (Å²) in [5, 5.41) is 3.18. The standard InChI is InChI=1S/C17H31N3O/c1-8-21-15(17(4,5)6)16-19-12(2)14(13(3)20-16)10-9-11-18-7/h15,18H,8-11H2,1-7H3. The average Bonchev–Trinajstić information content (AvgIpc) is 2.37. The Labute approximate surface area is 129 Å². The largest absolute Gasteiger partial charge is 0.370 e. The molecule has 0 aromatic carbocycles. The van der Waals surface area contributed by atoms with Crippen LogP contribution in [-0.4, -0.2) is 30.2 Å². The summed E-state index contributed by atoms with van der Waals surface area (Å²) < 4.78 is 5.91. The van der Waals surface area contributed by atoms with Crippen molar-refractivity contribution in [2.45, 2.75) is 60.5 Å². The maximum Gasteiger partial charge on any atom is 0.158 e. The quantitative estimate of drug-likeness (QED) is 0.783. The van der Waals surface area contributed by atoms with Gasteiger partial charge in [0.2, 0.25) is 0 Å². The van der Waals surface area contributed by atoms with Crippen molar-refractivity contribution >= 4 is 0 Å². The van der Waals surface area contributed by atoms with E-state index in [9.17, 15) is 0 Å². The molecule has 0 spiro atoms. The van der Waals surface area contributed by atoms with Gasteiger partial charge in [0.25, 0.3) is 0 Å². The molecule has 0 bridgehead atoms. The van der Waals surface area contributed by atoms with Gasteiger partial charge in [0.15, 0.2) is 5.82 Å². The van der Waals surface area contributed by atoms with Gasteiger partial charge < -0.3 is 10.1 Å². The first-order chi connectivity index (χ1) is 9.81. The highest BCUT2D eigenvalue weighted by Gasteiger charge is 2.30. The highest BCUT2D eigenvalue weighted by molar-refractivity contribution is 5.25. The van der Waals surface area contributed by atoms with Crippen LogP contribution in [0.25, 0.3) is 0 Å². The second-order valence-electron chi connectivity index (χ2n) is 6.64. The maximum atomic E-state index is 5.91. The molecule has 4 heteroatoms. The lowest BCUT2D eigenvalue weighted by Gasteiger charge is -2.29. The molecule has 0 saturated heterocycles. The summed E-state index contributed by atoms with van der Waals surface area (Å²) >= 11 is 0. The van der Waals surface area contributed by atoms with Crippen LogP contribution in [0.1, 0.15) is 63.0 Å². The average molecular weight is 293 g/mol. The molecule has 1 heterocycles. The van der Waals surface area contributed by atoms with E-state index < -0.39 is 0 Å². The van der Waals surface area contributed by atoms with E-state index in [0.29, 0.717) is 6.61 Å². The van der Waals surface area contributed by atoms with Crippen LogP contribution in [0.15, 0.2) is 0 Å². The second kappa shape index (κ2) is 7.85. The summed E-state index contributed by atoms with van der Waals surface area (Å²) in [7, 11) is 1.98. The van der Waals surface area contributed by atoms with E-state index in [4.69, 9.17) is 14.7 Å². The van der Waals surface area contributed by atoms with Crippen molar-refractivity contribution < 1.29 is 4.74 Å². The molecule has 0 aliphatic rings. The number of aromatic nitrogens is 2. The Morgan fingerprint density at radius 1 is 1.14 bits per heavy atom. The lowest BCUT2D eigenvalue weighted by Crippen LogP contribution is -2.24. The van der Waals surface area contributed by atoms with Crippen molar-refractivity contribution in [2.24, 2.45) is 5.41 Å². The van der Waals surface area contributed by atoms with Gasteiger partial charge in [0, 0.05) is 18.0 Å². The van der Waals surface area contributed by atoms with Gasteiger partial charge in [-0.15, -0.1) is 0 Å². The summed E-state index contributed by atoms with van der Waals surface area (Å²) in [5.41, 5.74) is 3.44. The lowest BCUT2D eigenvalue weighted by atomic mass is 9.88. The van der Waals surface area contributed by atoms with Crippen LogP contribution < -0.4 is 5.32 Å². The first-order valence-corrected chi connectivity index (χ1v) is 7.91. The van der Waals surface area contributed by atoms with Gasteiger partial charge in [-0.05, 0) is 58.2 Å². The van der Waals surface area contributed by atoms with Crippen LogP contribution in [0.5, 0.6) is 0 Å². The Morgan fingerprint density at radius 2 is 1.71 bits per heavy atom. The second-order valence-corrected chi connectivity index (χ2v) is 6.64. The molecule has 0 fully saturated rings. The molecule has 1 unspecified atom stereocenters. The van der Waals surface area contributed by atoms with Crippen molar-refractivity contribution in [1.82, 2.24) is 15.3 Å². The zero-order valence-electron chi connectivity index (χ0n) is 14.7. The number of ether oxygens (including phenoxy) is 1. The summed E-state index contributed by atoms with van der Waals surface area (Å²) in [6.45, 7) is 14.4. The Kier molecular flexibility index (Phi) is 6.75. The zero-order valence-corrected chi connectivity index (χ0v) is 14.7. The van der Waals surface area contributed by atoms with E-state index in [1.165, 1.54) is 5.56 Å². The first kappa shape index (κ1) is 18.1. The van der Waals surface area contributed by atoms with Gasteiger partial charge in [-0.25, -0.2) is 9.97 Å². The van der Waals surface area contributed by atoms with E-state index in [1.807, 2.05) is 14.0 Å². The number of nitrogens with zero attached hydrogens (tertiary/aromatic N) is 2. The van der Waals surface area contributed by atoms with Gasteiger partial charge in [-0.2, -0.15) is 0 Å². The zero-order chi connectivity index (χ0) is 16.0. The van der Waals surface area contributed by atoms with Crippen molar-refractivity contribution in [3.05, 3.63) is 22.8 Å². The number of hydrogen-bond acceptors (Lipinski definition) is 4. The molecule has 1 aromatic rings. The van der Waals surface area contributed by atoms with E-state index in [2.05, 4.69) is 39.9 Å². The van der Waals surface area contributed by atoms with Crippen LogP contribution in [0, 0.1) is 19.3 Å². The van der Waals surface area contributed by atoms with Crippen LogP contribution >= 0.6 is 0 Å². The molecule has 120 valence electrons. The predicted octanol–water partition coefficient (Wildman–Crippen LogP) is 3.37. The van der Waals surface area contributed by atoms with Gasteiger partial charge in [-0.3, -0.25) is 0 Å². The number of rotatable bonds is 7. The first-order valence-electron chi connectivity index (χ1n) is 7.91. The molecule has 1 rings (SSSR count). The minimum atomic E-state index is -0.0636. The van der Waals surface area contributed by atoms with Gasteiger partial charge in [-0.1, -0.05) is 20.8 Å². The minimum Gasteiger partial charge on any atom is -0.370 e. The Balaban J connectivity index is 3.05. The summed E-state index contributed by atoms with van der Waals surface area (Å²) in [6, 6.07) is 0. The highest BCUT2D eigenvalue weighted by atomic mass is 16.5. The predicted molar refractivity (Wildman–Crippen MR) is 87.6 cm³/mol. The lowest BCUT2D eigenvalue weighted by molar-refractivity contribution is -0.0193. The molecule has 1 N–H and O–H groups in total. The fourth-order valence-electron chi connectivity index (χ4n) is 2.56. The highest BCUT2D eigenvalue weighted by Crippen LogP contribution is 2.34. The van der Waals surface area contributed by atoms with Crippen LogP contribution in [-0.2, 0) is 11.2 Å². The fraction of sp³-hybridized carbons (Fsp3) is 0.765. The molecule has 0 saturated carbocycles. The van der Waals surface area contributed by atoms with E-state index in [1.54, 1.807) is 0 Å². The van der Waals surface area contributed by atoms with Crippen molar-refractivity contribution in [2.75, 3.05) is 20.2 Å². The molecule has 1 atom stereocenters. The topological polar surface area (TPSA) is 47.0 Å². The molecule has 21 heavy (non-hydrogen) atoms. The molecule has 1 aromatic heterocycles. The Bertz CT molecular complexity index is 429. The van der Waals surface area contributed by atoms with Crippen molar-refractivity contribution in [3.63, 3.8) is 0 Å². The monoisotopic (exact) mass is 293 g/mol.